The molecule has 0 saturated heterocycles. The predicted octanol–water partition coefficient (Wildman–Crippen LogP) is 6.02. The third kappa shape index (κ3) is 2.83. The first-order valence-corrected chi connectivity index (χ1v) is 9.98. The zero-order valence-electron chi connectivity index (χ0n) is 11.8. The van der Waals surface area contributed by atoms with Gasteiger partial charge in [0.25, 0.3) is 0 Å². The highest BCUT2D eigenvalue weighted by Gasteiger charge is 2.16. The largest absolute Gasteiger partial charge is 0.507 e. The molecule has 2 aromatic heterocycles. The molecule has 0 atom stereocenters. The van der Waals surface area contributed by atoms with Crippen molar-refractivity contribution in [2.75, 3.05) is 0 Å². The van der Waals surface area contributed by atoms with Gasteiger partial charge >= 0.3 is 0 Å². The van der Waals surface area contributed by atoms with Gasteiger partial charge in [-0.3, -0.25) is 0 Å². The first-order valence-electron chi connectivity index (χ1n) is 6.76. The number of aromatic nitrogens is 2. The third-order valence-corrected chi connectivity index (χ3v) is 6.44. The van der Waals surface area contributed by atoms with Crippen molar-refractivity contribution in [3.63, 3.8) is 0 Å². The number of rotatable bonds is 2. The molecule has 0 bridgehead atoms. The van der Waals surface area contributed by atoms with E-state index in [1.54, 1.807) is 12.1 Å². The summed E-state index contributed by atoms with van der Waals surface area (Å²) in [7, 11) is 0. The first-order chi connectivity index (χ1) is 11.5. The number of thiazole rings is 2. The second-order valence-corrected chi connectivity index (χ2v) is 8.76. The van der Waals surface area contributed by atoms with Crippen molar-refractivity contribution in [2.45, 2.75) is 0 Å². The first kappa shape index (κ1) is 16.0. The topological polar surface area (TPSA) is 66.2 Å². The van der Waals surface area contributed by atoms with Gasteiger partial charge in [-0.1, -0.05) is 54.5 Å². The van der Waals surface area contributed by atoms with Gasteiger partial charge in [-0.05, 0) is 36.4 Å². The lowest BCUT2D eigenvalue weighted by Gasteiger charge is -2.01. The molecule has 0 spiro atoms. The molecule has 2 aromatic carbocycles. The molecule has 4 aromatic rings. The van der Waals surface area contributed by atoms with E-state index in [0.717, 1.165) is 28.6 Å². The van der Waals surface area contributed by atoms with Crippen LogP contribution in [0, 0.1) is 0 Å². The summed E-state index contributed by atoms with van der Waals surface area (Å²) >= 11 is 9.49. The fraction of sp³-hybridized carbons (Fsp3) is 0. The Kier molecular flexibility index (Phi) is 4.07. The highest BCUT2D eigenvalue weighted by Crippen LogP contribution is 2.41. The summed E-state index contributed by atoms with van der Waals surface area (Å²) in [6.07, 6.45) is 0. The summed E-state index contributed by atoms with van der Waals surface area (Å²) in [5.41, 5.74) is 1.36. The number of benzene rings is 2. The Morgan fingerprint density at radius 2 is 1.12 bits per heavy atom. The predicted molar refractivity (Wildman–Crippen MR) is 105 cm³/mol. The minimum Gasteiger partial charge on any atom is -0.507 e. The molecule has 0 aliphatic carbocycles. The second-order valence-electron chi connectivity index (χ2n) is 4.97. The minimum atomic E-state index is 0.177. The van der Waals surface area contributed by atoms with Crippen molar-refractivity contribution in [3.8, 4) is 32.6 Å². The number of fused-ring (bicyclic) bond motifs is 1. The Morgan fingerprint density at radius 3 is 1.50 bits per heavy atom. The van der Waals surface area contributed by atoms with Crippen LogP contribution in [0.5, 0.6) is 11.5 Å². The molecule has 0 radical (unpaired) electrons. The number of hydrogen-bond acceptors (Lipinski definition) is 6. The van der Waals surface area contributed by atoms with E-state index in [4.69, 9.17) is 0 Å². The van der Waals surface area contributed by atoms with Crippen LogP contribution >= 0.6 is 54.5 Å². The molecular weight excluding hydrogens is 476 g/mol. The number of aromatic hydroxyl groups is 2. The summed E-state index contributed by atoms with van der Waals surface area (Å²) in [6, 6.07) is 10.7. The van der Waals surface area contributed by atoms with Crippen LogP contribution in [0.25, 0.3) is 30.8 Å². The third-order valence-electron chi connectivity index (χ3n) is 3.36. The van der Waals surface area contributed by atoms with Gasteiger partial charge < -0.3 is 10.2 Å². The van der Waals surface area contributed by atoms with E-state index in [-0.39, 0.29) is 11.5 Å². The molecule has 0 amide bonds. The van der Waals surface area contributed by atoms with Gasteiger partial charge in [0.2, 0.25) is 0 Å². The molecule has 24 heavy (non-hydrogen) atoms. The monoisotopic (exact) mass is 482 g/mol. The van der Waals surface area contributed by atoms with Crippen molar-refractivity contribution in [1.29, 1.82) is 0 Å². The van der Waals surface area contributed by atoms with Gasteiger partial charge in [0.1, 0.15) is 21.5 Å². The molecule has 4 nitrogen and oxygen atoms in total. The van der Waals surface area contributed by atoms with Crippen LogP contribution in [-0.2, 0) is 0 Å². The summed E-state index contributed by atoms with van der Waals surface area (Å²) in [5.74, 6) is 0.355. The van der Waals surface area contributed by atoms with Crippen molar-refractivity contribution >= 4 is 64.2 Å². The van der Waals surface area contributed by atoms with E-state index in [2.05, 4.69) is 41.8 Å². The summed E-state index contributed by atoms with van der Waals surface area (Å²) in [5, 5.41) is 21.6. The zero-order chi connectivity index (χ0) is 16.8. The fourth-order valence-electron chi connectivity index (χ4n) is 2.24. The maximum atomic E-state index is 10.1. The summed E-state index contributed by atoms with van der Waals surface area (Å²) in [4.78, 5) is 10.7. The average Bonchev–Trinajstić information content (AvgIpc) is 3.05. The molecule has 4 rings (SSSR count). The van der Waals surface area contributed by atoms with E-state index in [1.165, 1.54) is 22.7 Å². The number of halogens is 2. The summed E-state index contributed by atoms with van der Waals surface area (Å²) in [6.45, 7) is 0. The zero-order valence-corrected chi connectivity index (χ0v) is 16.6. The number of nitrogens with zero attached hydrogens (tertiary/aromatic N) is 2. The lowest BCUT2D eigenvalue weighted by atomic mass is 10.2. The Labute approximate surface area is 161 Å². The van der Waals surface area contributed by atoms with Gasteiger partial charge in [0, 0.05) is 8.95 Å². The van der Waals surface area contributed by atoms with Crippen LogP contribution in [-0.4, -0.2) is 20.2 Å². The molecule has 0 unspecified atom stereocenters. The van der Waals surface area contributed by atoms with Gasteiger partial charge in [-0.2, -0.15) is 0 Å². The maximum absolute atomic E-state index is 10.1. The number of hydrogen-bond donors (Lipinski definition) is 2. The van der Waals surface area contributed by atoms with Crippen LogP contribution in [0.3, 0.4) is 0 Å². The lowest BCUT2D eigenvalue weighted by Crippen LogP contribution is -1.78. The van der Waals surface area contributed by atoms with E-state index >= 15 is 0 Å². The molecule has 120 valence electrons. The van der Waals surface area contributed by atoms with Gasteiger partial charge in [0.15, 0.2) is 9.66 Å². The Hall–Kier alpha value is -1.48. The normalized spacial score (nSPS) is 11.2. The number of phenols is 2. The van der Waals surface area contributed by atoms with Gasteiger partial charge in [-0.25, -0.2) is 9.97 Å². The molecular formula is C16H8Br2N2O2S2. The Balaban J connectivity index is 1.78. The minimum absolute atomic E-state index is 0.177. The Bertz CT molecular complexity index is 963. The Morgan fingerprint density at radius 1 is 0.708 bits per heavy atom. The average molecular weight is 484 g/mol. The molecule has 2 N–H and O–H groups in total. The standard InChI is InChI=1S/C16H8Br2N2O2S2/c17-7-1-3-9(11(21)5-7)13-19-15-16(23-13)20-14(24-15)10-4-2-8(18)6-12(10)22/h1-6,21-22H. The second kappa shape index (κ2) is 6.11. The lowest BCUT2D eigenvalue weighted by molar-refractivity contribution is 0.476. The van der Waals surface area contributed by atoms with Crippen LogP contribution in [0.1, 0.15) is 0 Å². The fourth-order valence-corrected chi connectivity index (χ4v) is 5.05. The quantitative estimate of drug-likeness (QED) is 0.365. The van der Waals surface area contributed by atoms with E-state index < -0.39 is 0 Å². The van der Waals surface area contributed by atoms with Crippen molar-refractivity contribution < 1.29 is 10.2 Å². The van der Waals surface area contributed by atoms with Crippen LogP contribution in [0.15, 0.2) is 45.3 Å². The smallest absolute Gasteiger partial charge is 0.155 e. The number of phenolic OH excluding ortho intramolecular Hbond substituents is 2. The molecule has 8 heteroatoms. The SMILES string of the molecule is Oc1cc(Br)ccc1-c1nc2sc(-c3ccc(Br)cc3O)nc2s1. The van der Waals surface area contributed by atoms with Gasteiger partial charge in [0.05, 0.1) is 11.1 Å². The summed E-state index contributed by atoms with van der Waals surface area (Å²) < 4.78 is 1.63. The maximum Gasteiger partial charge on any atom is 0.155 e. The van der Waals surface area contributed by atoms with E-state index in [1.807, 2.05) is 24.3 Å². The highest BCUT2D eigenvalue weighted by atomic mass is 79.9. The van der Waals surface area contributed by atoms with Crippen LogP contribution < -0.4 is 0 Å². The van der Waals surface area contributed by atoms with E-state index in [0.29, 0.717) is 11.1 Å². The van der Waals surface area contributed by atoms with Crippen molar-refractivity contribution in [1.82, 2.24) is 9.97 Å². The highest BCUT2D eigenvalue weighted by molar-refractivity contribution is 9.10. The van der Waals surface area contributed by atoms with Crippen molar-refractivity contribution in [3.05, 3.63) is 45.3 Å². The van der Waals surface area contributed by atoms with Gasteiger partial charge in [-0.15, -0.1) is 0 Å². The van der Waals surface area contributed by atoms with Crippen LogP contribution in [0.4, 0.5) is 0 Å². The van der Waals surface area contributed by atoms with E-state index in [9.17, 15) is 10.2 Å². The molecule has 0 fully saturated rings. The van der Waals surface area contributed by atoms with Crippen molar-refractivity contribution in [2.24, 2.45) is 0 Å². The molecule has 0 aliphatic heterocycles. The molecule has 2 heterocycles. The molecule has 0 saturated carbocycles. The molecule has 0 aliphatic rings. The van der Waals surface area contributed by atoms with Crippen LogP contribution in [0.2, 0.25) is 0 Å².